The van der Waals surface area contributed by atoms with E-state index in [1.807, 2.05) is 13.0 Å². The van der Waals surface area contributed by atoms with Gasteiger partial charge in [0.2, 0.25) is 11.2 Å². The van der Waals surface area contributed by atoms with Gasteiger partial charge in [0.25, 0.3) is 5.91 Å². The van der Waals surface area contributed by atoms with Crippen molar-refractivity contribution in [2.75, 3.05) is 11.9 Å². The maximum Gasteiger partial charge on any atom is 0.262 e. The van der Waals surface area contributed by atoms with Gasteiger partial charge in [0, 0.05) is 16.3 Å². The van der Waals surface area contributed by atoms with Crippen molar-refractivity contribution in [2.45, 2.75) is 6.92 Å². The highest BCUT2D eigenvalue weighted by Gasteiger charge is 2.19. The molecule has 156 valence electrons. The third-order valence-corrected chi connectivity index (χ3v) is 5.05. The van der Waals surface area contributed by atoms with Crippen LogP contribution in [0.2, 0.25) is 5.02 Å². The number of amides is 1. The first-order chi connectivity index (χ1) is 14.9. The van der Waals surface area contributed by atoms with Crippen LogP contribution in [-0.2, 0) is 4.79 Å². The van der Waals surface area contributed by atoms with Crippen molar-refractivity contribution in [3.8, 4) is 17.1 Å². The lowest BCUT2D eigenvalue weighted by atomic mass is 10.1. The van der Waals surface area contributed by atoms with Crippen LogP contribution in [0.1, 0.15) is 5.56 Å². The molecule has 7 heteroatoms. The van der Waals surface area contributed by atoms with Gasteiger partial charge in [0.15, 0.2) is 12.4 Å². The second kappa shape index (κ2) is 8.62. The molecule has 0 atom stereocenters. The molecular weight excluding hydrogens is 421 g/mol. The van der Waals surface area contributed by atoms with Crippen molar-refractivity contribution >= 4 is 34.2 Å². The molecule has 4 rings (SSSR count). The number of benzene rings is 3. The molecule has 31 heavy (non-hydrogen) atoms. The van der Waals surface area contributed by atoms with E-state index in [-0.39, 0.29) is 16.9 Å². The van der Waals surface area contributed by atoms with Gasteiger partial charge in [-0.3, -0.25) is 9.59 Å². The molecule has 5 nitrogen and oxygen atoms in total. The molecule has 1 N–H and O–H groups in total. The van der Waals surface area contributed by atoms with Crippen LogP contribution in [0, 0.1) is 12.7 Å². The monoisotopic (exact) mass is 437 g/mol. The van der Waals surface area contributed by atoms with Crippen molar-refractivity contribution in [3.63, 3.8) is 0 Å². The molecule has 0 saturated carbocycles. The second-order valence-corrected chi connectivity index (χ2v) is 7.30. The Morgan fingerprint density at radius 2 is 1.81 bits per heavy atom. The van der Waals surface area contributed by atoms with Crippen molar-refractivity contribution in [2.24, 2.45) is 0 Å². The maximum absolute atomic E-state index is 13.2. The van der Waals surface area contributed by atoms with E-state index >= 15 is 0 Å². The van der Waals surface area contributed by atoms with Gasteiger partial charge in [-0.1, -0.05) is 41.9 Å². The number of fused-ring (bicyclic) bond motifs is 1. The molecule has 0 aliphatic heterocycles. The van der Waals surface area contributed by atoms with Crippen LogP contribution in [0.3, 0.4) is 0 Å². The fourth-order valence-electron chi connectivity index (χ4n) is 3.08. The normalized spacial score (nSPS) is 10.8. The number of halogens is 2. The Bertz CT molecular complexity index is 1320. The smallest absolute Gasteiger partial charge is 0.262 e. The van der Waals surface area contributed by atoms with E-state index < -0.39 is 23.8 Å². The number of nitrogens with one attached hydrogen (secondary N) is 1. The average molecular weight is 438 g/mol. The van der Waals surface area contributed by atoms with Gasteiger partial charge in [-0.25, -0.2) is 4.39 Å². The van der Waals surface area contributed by atoms with E-state index in [0.29, 0.717) is 21.9 Å². The molecule has 0 unspecified atom stereocenters. The van der Waals surface area contributed by atoms with E-state index in [1.165, 1.54) is 30.3 Å². The number of anilines is 1. The SMILES string of the molecule is Cc1cc2oc(-c3ccccc3)c(OCC(=O)Nc3ccc(F)cc3)c(=O)c2cc1Cl. The summed E-state index contributed by atoms with van der Waals surface area (Å²) in [5, 5.41) is 3.26. The van der Waals surface area contributed by atoms with Crippen LogP contribution in [0.4, 0.5) is 10.1 Å². The number of carbonyl (C=O) groups excluding carboxylic acids is 1. The molecule has 0 saturated heterocycles. The number of aryl methyl sites for hydroxylation is 1. The van der Waals surface area contributed by atoms with E-state index in [0.717, 1.165) is 5.56 Å². The number of hydrogen-bond acceptors (Lipinski definition) is 4. The van der Waals surface area contributed by atoms with Gasteiger partial charge in [0.1, 0.15) is 11.4 Å². The minimum atomic E-state index is -0.507. The summed E-state index contributed by atoms with van der Waals surface area (Å²) in [4.78, 5) is 25.5. The highest BCUT2D eigenvalue weighted by molar-refractivity contribution is 6.32. The fourth-order valence-corrected chi connectivity index (χ4v) is 3.24. The number of carbonyl (C=O) groups is 1. The molecule has 1 heterocycles. The summed E-state index contributed by atoms with van der Waals surface area (Å²) in [7, 11) is 0. The van der Waals surface area contributed by atoms with E-state index in [9.17, 15) is 14.0 Å². The summed E-state index contributed by atoms with van der Waals surface area (Å²) < 4.78 is 24.7. The minimum Gasteiger partial charge on any atom is -0.476 e. The Morgan fingerprint density at radius 3 is 2.52 bits per heavy atom. The zero-order valence-corrected chi connectivity index (χ0v) is 17.2. The Kier molecular flexibility index (Phi) is 5.73. The number of ether oxygens (including phenoxy) is 1. The van der Waals surface area contributed by atoms with Crippen LogP contribution in [-0.4, -0.2) is 12.5 Å². The lowest BCUT2D eigenvalue weighted by Crippen LogP contribution is -2.22. The van der Waals surface area contributed by atoms with Crippen molar-refractivity contribution < 1.29 is 18.3 Å². The van der Waals surface area contributed by atoms with Gasteiger partial charge in [-0.2, -0.15) is 0 Å². The first-order valence-electron chi connectivity index (χ1n) is 9.43. The van der Waals surface area contributed by atoms with Crippen LogP contribution >= 0.6 is 11.6 Å². The highest BCUT2D eigenvalue weighted by Crippen LogP contribution is 2.32. The Labute approximate surface area is 182 Å². The third kappa shape index (κ3) is 4.44. The predicted molar refractivity (Wildman–Crippen MR) is 118 cm³/mol. The summed E-state index contributed by atoms with van der Waals surface area (Å²) in [6.07, 6.45) is 0. The average Bonchev–Trinajstić information content (AvgIpc) is 2.76. The molecule has 0 spiro atoms. The lowest BCUT2D eigenvalue weighted by molar-refractivity contribution is -0.118. The minimum absolute atomic E-state index is 0.0899. The van der Waals surface area contributed by atoms with E-state index in [2.05, 4.69) is 5.32 Å². The highest BCUT2D eigenvalue weighted by atomic mass is 35.5. The quantitative estimate of drug-likeness (QED) is 0.442. The molecule has 3 aromatic carbocycles. The van der Waals surface area contributed by atoms with Crippen LogP contribution in [0.5, 0.6) is 5.75 Å². The number of rotatable bonds is 5. The van der Waals surface area contributed by atoms with E-state index in [1.54, 1.807) is 30.3 Å². The zero-order chi connectivity index (χ0) is 22.0. The molecule has 1 aromatic heterocycles. The fraction of sp³-hybridized carbons (Fsp3) is 0.0833. The van der Waals surface area contributed by atoms with Gasteiger partial charge in [-0.05, 0) is 48.9 Å². The summed E-state index contributed by atoms with van der Waals surface area (Å²) in [6, 6.07) is 17.5. The molecular formula is C24H17ClFNO4. The Balaban J connectivity index is 1.70. The first kappa shape index (κ1) is 20.6. The zero-order valence-electron chi connectivity index (χ0n) is 16.4. The molecule has 0 aliphatic rings. The summed E-state index contributed by atoms with van der Waals surface area (Å²) in [5.41, 5.74) is 1.74. The van der Waals surface area contributed by atoms with Crippen molar-refractivity contribution in [3.05, 3.63) is 93.4 Å². The predicted octanol–water partition coefficient (Wildman–Crippen LogP) is 5.58. The topological polar surface area (TPSA) is 68.5 Å². The maximum atomic E-state index is 13.2. The Hall–Kier alpha value is -3.64. The van der Waals surface area contributed by atoms with Crippen LogP contribution in [0.15, 0.2) is 75.9 Å². The molecule has 0 fully saturated rings. The molecule has 0 bridgehead atoms. The molecule has 1 amide bonds. The molecule has 0 aliphatic carbocycles. The van der Waals surface area contributed by atoms with Crippen molar-refractivity contribution in [1.82, 2.24) is 0 Å². The van der Waals surface area contributed by atoms with Gasteiger partial charge in [0.05, 0.1) is 5.39 Å². The van der Waals surface area contributed by atoms with Crippen LogP contribution in [0.25, 0.3) is 22.3 Å². The van der Waals surface area contributed by atoms with Crippen molar-refractivity contribution in [1.29, 1.82) is 0 Å². The van der Waals surface area contributed by atoms with E-state index in [4.69, 9.17) is 20.8 Å². The first-order valence-corrected chi connectivity index (χ1v) is 9.81. The molecule has 0 radical (unpaired) electrons. The lowest BCUT2D eigenvalue weighted by Gasteiger charge is -2.12. The third-order valence-electron chi connectivity index (χ3n) is 4.64. The standard InChI is InChI=1S/C24H17ClFNO4/c1-14-11-20-18(12-19(14)25)22(29)24(23(31-20)15-5-3-2-4-6-15)30-13-21(28)27-17-9-7-16(26)8-10-17/h2-12H,13H2,1H3,(H,27,28). The van der Waals surface area contributed by atoms with Gasteiger partial charge < -0.3 is 14.5 Å². The summed E-state index contributed by atoms with van der Waals surface area (Å²) >= 11 is 6.19. The second-order valence-electron chi connectivity index (χ2n) is 6.90. The van der Waals surface area contributed by atoms with Crippen LogP contribution < -0.4 is 15.5 Å². The van der Waals surface area contributed by atoms with Gasteiger partial charge >= 0.3 is 0 Å². The van der Waals surface area contributed by atoms with Gasteiger partial charge in [-0.15, -0.1) is 0 Å². The molecule has 4 aromatic rings. The summed E-state index contributed by atoms with van der Waals surface area (Å²) in [6.45, 7) is 1.38. The largest absolute Gasteiger partial charge is 0.476 e. The Morgan fingerprint density at radius 1 is 1.10 bits per heavy atom. The summed E-state index contributed by atoms with van der Waals surface area (Å²) in [5.74, 6) is -0.793. The number of hydrogen-bond donors (Lipinski definition) is 1.